The maximum atomic E-state index is 5.36. The predicted molar refractivity (Wildman–Crippen MR) is 40.3 cm³/mol. The molecule has 0 amide bonds. The molecule has 0 aromatic rings. The van der Waals surface area contributed by atoms with Gasteiger partial charge in [-0.25, -0.2) is 0 Å². The maximum absolute atomic E-state index is 5.36. The molecule has 3 heteroatoms. The number of hydrogen-bond donors (Lipinski definition) is 0. The van der Waals surface area contributed by atoms with Crippen LogP contribution >= 0.6 is 15.9 Å². The van der Waals surface area contributed by atoms with Crippen molar-refractivity contribution < 1.29 is 4.84 Å². The van der Waals surface area contributed by atoms with E-state index in [1.807, 2.05) is 12.0 Å². The van der Waals surface area contributed by atoms with Gasteiger partial charge in [-0.2, -0.15) is 5.06 Å². The van der Waals surface area contributed by atoms with Gasteiger partial charge in [0.2, 0.25) is 0 Å². The molecule has 1 aliphatic rings. The van der Waals surface area contributed by atoms with Crippen LogP contribution in [0.5, 0.6) is 0 Å². The number of hydroxylamine groups is 2. The normalized spacial score (nSPS) is 24.7. The molecule has 0 aromatic heterocycles. The Bertz CT molecular complexity index is 81.1. The van der Waals surface area contributed by atoms with Gasteiger partial charge in [-0.05, 0) is 19.8 Å². The first-order valence-corrected chi connectivity index (χ1v) is 4.26. The fraction of sp³-hybridized carbons (Fsp3) is 1.00. The van der Waals surface area contributed by atoms with E-state index in [9.17, 15) is 0 Å². The lowest BCUT2D eigenvalue weighted by Crippen LogP contribution is -2.22. The smallest absolute Gasteiger partial charge is 0.131 e. The van der Waals surface area contributed by atoms with Gasteiger partial charge in [-0.15, -0.1) is 0 Å². The van der Waals surface area contributed by atoms with Crippen LogP contribution < -0.4 is 0 Å². The van der Waals surface area contributed by atoms with Crippen LogP contribution in [0.2, 0.25) is 0 Å². The number of halogens is 1. The van der Waals surface area contributed by atoms with E-state index in [4.69, 9.17) is 4.84 Å². The van der Waals surface area contributed by atoms with Gasteiger partial charge in [0.05, 0.1) is 0 Å². The lowest BCUT2D eigenvalue weighted by Gasteiger charge is -2.15. The molecule has 0 spiro atoms. The van der Waals surface area contributed by atoms with Gasteiger partial charge in [-0.1, -0.05) is 15.9 Å². The first kappa shape index (κ1) is 7.51. The van der Waals surface area contributed by atoms with E-state index in [0.717, 1.165) is 13.1 Å². The summed E-state index contributed by atoms with van der Waals surface area (Å²) in [6.07, 6.45) is 2.56. The molecule has 0 N–H and O–H groups in total. The summed E-state index contributed by atoms with van der Waals surface area (Å²) in [4.78, 5) is 5.36. The van der Waals surface area contributed by atoms with Crippen molar-refractivity contribution in [3.63, 3.8) is 0 Å². The summed E-state index contributed by atoms with van der Waals surface area (Å²) >= 11 is 3.32. The Kier molecular flexibility index (Phi) is 2.95. The highest BCUT2D eigenvalue weighted by atomic mass is 79.9. The SMILES string of the molecule is CC(Br)ON1CCCC1. The first-order chi connectivity index (χ1) is 4.29. The largest absolute Gasteiger partial charge is 0.285 e. The van der Waals surface area contributed by atoms with E-state index in [2.05, 4.69) is 15.9 Å². The molecule has 0 aromatic carbocycles. The molecule has 1 unspecified atom stereocenters. The standard InChI is InChI=1S/C6H12BrNO/c1-6(7)9-8-4-2-3-5-8/h6H,2-5H2,1H3. The number of nitrogens with zero attached hydrogens (tertiary/aromatic N) is 1. The Balaban J connectivity index is 2.11. The minimum atomic E-state index is 0.163. The van der Waals surface area contributed by atoms with Crippen LogP contribution in [-0.2, 0) is 4.84 Å². The van der Waals surface area contributed by atoms with Gasteiger partial charge in [-0.3, -0.25) is 4.84 Å². The molecule has 1 atom stereocenters. The lowest BCUT2D eigenvalue weighted by atomic mass is 10.4. The highest BCUT2D eigenvalue weighted by molar-refractivity contribution is 9.09. The molecule has 1 heterocycles. The molecule has 1 saturated heterocycles. The van der Waals surface area contributed by atoms with E-state index in [-0.39, 0.29) is 5.01 Å². The van der Waals surface area contributed by atoms with Crippen molar-refractivity contribution in [3.05, 3.63) is 0 Å². The van der Waals surface area contributed by atoms with Gasteiger partial charge in [0.25, 0.3) is 0 Å². The van der Waals surface area contributed by atoms with Gasteiger partial charge < -0.3 is 0 Å². The number of hydrogen-bond acceptors (Lipinski definition) is 2. The van der Waals surface area contributed by atoms with E-state index < -0.39 is 0 Å². The average Bonchev–Trinajstić information content (AvgIpc) is 2.15. The molecule has 0 saturated carbocycles. The summed E-state index contributed by atoms with van der Waals surface area (Å²) in [5.41, 5.74) is 0. The predicted octanol–water partition coefficient (Wildman–Crippen LogP) is 1.75. The van der Waals surface area contributed by atoms with Crippen molar-refractivity contribution in [1.82, 2.24) is 5.06 Å². The third-order valence-corrected chi connectivity index (χ3v) is 1.53. The minimum absolute atomic E-state index is 0.163. The number of alkyl halides is 1. The minimum Gasteiger partial charge on any atom is -0.285 e. The van der Waals surface area contributed by atoms with E-state index in [1.165, 1.54) is 12.8 Å². The molecule has 0 bridgehead atoms. The van der Waals surface area contributed by atoms with Crippen LogP contribution in [0.3, 0.4) is 0 Å². The fourth-order valence-electron chi connectivity index (χ4n) is 0.999. The Morgan fingerprint density at radius 2 is 2.00 bits per heavy atom. The van der Waals surface area contributed by atoms with E-state index >= 15 is 0 Å². The highest BCUT2D eigenvalue weighted by Gasteiger charge is 2.12. The average molecular weight is 194 g/mol. The summed E-state index contributed by atoms with van der Waals surface area (Å²) in [5.74, 6) is 0. The van der Waals surface area contributed by atoms with Gasteiger partial charge >= 0.3 is 0 Å². The molecule has 54 valence electrons. The van der Waals surface area contributed by atoms with Crippen molar-refractivity contribution in [1.29, 1.82) is 0 Å². The zero-order chi connectivity index (χ0) is 6.69. The van der Waals surface area contributed by atoms with Gasteiger partial charge in [0.15, 0.2) is 0 Å². The van der Waals surface area contributed by atoms with Crippen molar-refractivity contribution in [2.75, 3.05) is 13.1 Å². The zero-order valence-electron chi connectivity index (χ0n) is 5.64. The Hall–Kier alpha value is 0.400. The molecule has 2 nitrogen and oxygen atoms in total. The summed E-state index contributed by atoms with van der Waals surface area (Å²) in [7, 11) is 0. The topological polar surface area (TPSA) is 12.5 Å². The monoisotopic (exact) mass is 193 g/mol. The van der Waals surface area contributed by atoms with Crippen molar-refractivity contribution >= 4 is 15.9 Å². The zero-order valence-corrected chi connectivity index (χ0v) is 7.23. The van der Waals surface area contributed by atoms with Gasteiger partial charge in [0.1, 0.15) is 5.01 Å². The second kappa shape index (κ2) is 3.54. The Labute approximate surface area is 64.3 Å². The summed E-state index contributed by atoms with van der Waals surface area (Å²) in [5, 5.41) is 2.18. The van der Waals surface area contributed by atoms with E-state index in [0.29, 0.717) is 0 Å². The molecule has 0 aliphatic carbocycles. The molecular weight excluding hydrogens is 182 g/mol. The molecule has 1 rings (SSSR count). The molecule has 9 heavy (non-hydrogen) atoms. The molecule has 1 aliphatic heterocycles. The molecule has 0 radical (unpaired) electrons. The highest BCUT2D eigenvalue weighted by Crippen LogP contribution is 2.11. The van der Waals surface area contributed by atoms with Gasteiger partial charge in [0, 0.05) is 13.1 Å². The van der Waals surface area contributed by atoms with Crippen molar-refractivity contribution in [3.8, 4) is 0 Å². The molecular formula is C6H12BrNO. The Morgan fingerprint density at radius 3 is 2.44 bits per heavy atom. The summed E-state index contributed by atoms with van der Waals surface area (Å²) in [6, 6.07) is 0. The third-order valence-electron chi connectivity index (χ3n) is 1.36. The maximum Gasteiger partial charge on any atom is 0.131 e. The second-order valence-corrected chi connectivity index (χ2v) is 3.57. The van der Waals surface area contributed by atoms with Crippen LogP contribution in [0.1, 0.15) is 19.8 Å². The summed E-state index contributed by atoms with van der Waals surface area (Å²) < 4.78 is 0. The number of rotatable bonds is 2. The third kappa shape index (κ3) is 2.65. The van der Waals surface area contributed by atoms with Crippen LogP contribution in [0, 0.1) is 0 Å². The lowest BCUT2D eigenvalue weighted by molar-refractivity contribution is -0.148. The van der Waals surface area contributed by atoms with Crippen LogP contribution in [-0.4, -0.2) is 23.2 Å². The summed E-state index contributed by atoms with van der Waals surface area (Å²) in [6.45, 7) is 4.17. The Morgan fingerprint density at radius 1 is 1.44 bits per heavy atom. The van der Waals surface area contributed by atoms with Crippen molar-refractivity contribution in [2.45, 2.75) is 24.8 Å². The van der Waals surface area contributed by atoms with Crippen LogP contribution in [0.15, 0.2) is 0 Å². The second-order valence-electron chi connectivity index (χ2n) is 2.28. The van der Waals surface area contributed by atoms with Crippen LogP contribution in [0.4, 0.5) is 0 Å². The fourth-order valence-corrected chi connectivity index (χ4v) is 1.24. The van der Waals surface area contributed by atoms with E-state index in [1.54, 1.807) is 0 Å². The first-order valence-electron chi connectivity index (χ1n) is 3.35. The molecule has 1 fully saturated rings. The van der Waals surface area contributed by atoms with Crippen LogP contribution in [0.25, 0.3) is 0 Å². The quantitative estimate of drug-likeness (QED) is 0.621. The van der Waals surface area contributed by atoms with Crippen molar-refractivity contribution in [2.24, 2.45) is 0 Å².